The van der Waals surface area contributed by atoms with Crippen LogP contribution in [-0.4, -0.2) is 11.2 Å². The van der Waals surface area contributed by atoms with Crippen molar-refractivity contribution in [1.29, 1.82) is 0 Å². The van der Waals surface area contributed by atoms with Crippen LogP contribution in [0.15, 0.2) is 27.7 Å². The van der Waals surface area contributed by atoms with E-state index in [4.69, 9.17) is 0 Å². The fraction of sp³-hybridized carbons (Fsp3) is 0.417. The number of rotatable bonds is 2. The molecule has 0 spiro atoms. The summed E-state index contributed by atoms with van der Waals surface area (Å²) in [5.41, 5.74) is 0.165. The van der Waals surface area contributed by atoms with Crippen molar-refractivity contribution in [2.75, 3.05) is 0 Å². The third-order valence-corrected chi connectivity index (χ3v) is 3.64. The molecule has 1 aliphatic carbocycles. The molecule has 1 aliphatic rings. The zero-order chi connectivity index (χ0) is 11.6. The van der Waals surface area contributed by atoms with Crippen molar-refractivity contribution in [1.82, 2.24) is 0 Å². The van der Waals surface area contributed by atoms with Gasteiger partial charge in [0.25, 0.3) is 0 Å². The van der Waals surface area contributed by atoms with Crippen LogP contribution in [0.25, 0.3) is 0 Å². The van der Waals surface area contributed by atoms with Crippen molar-refractivity contribution < 1.29 is 9.90 Å². The van der Waals surface area contributed by atoms with Gasteiger partial charge in [0.05, 0.1) is 0 Å². The van der Waals surface area contributed by atoms with Crippen LogP contribution < -0.4 is 0 Å². The predicted molar refractivity (Wildman–Crippen MR) is 64.1 cm³/mol. The summed E-state index contributed by atoms with van der Waals surface area (Å²) in [5.74, 6) is 0.198. The van der Waals surface area contributed by atoms with Crippen LogP contribution in [0.1, 0.15) is 31.2 Å². The molecule has 1 saturated carbocycles. The van der Waals surface area contributed by atoms with Crippen molar-refractivity contribution >= 4 is 22.0 Å². The number of isocyanates is 1. The van der Waals surface area contributed by atoms with Crippen LogP contribution in [0.2, 0.25) is 0 Å². The van der Waals surface area contributed by atoms with E-state index in [9.17, 15) is 9.90 Å². The van der Waals surface area contributed by atoms with Gasteiger partial charge in [-0.25, -0.2) is 4.79 Å². The molecule has 4 heteroatoms. The summed E-state index contributed by atoms with van der Waals surface area (Å²) < 4.78 is 0.882. The van der Waals surface area contributed by atoms with E-state index in [1.165, 1.54) is 0 Å². The standard InChI is InChI=1S/C12H12BrNO2/c13-9-3-4-11(16)10(7-9)12(14-8-15)5-1-2-6-12/h3-4,7,16H,1-2,5-6H2. The average molecular weight is 282 g/mol. The molecule has 0 aromatic heterocycles. The van der Waals surface area contributed by atoms with Gasteiger partial charge in [-0.05, 0) is 31.0 Å². The molecule has 0 saturated heterocycles. The summed E-state index contributed by atoms with van der Waals surface area (Å²) in [6.07, 6.45) is 5.29. The molecule has 2 rings (SSSR count). The Bertz CT molecular complexity index is 446. The lowest BCUT2D eigenvalue weighted by Gasteiger charge is -2.23. The van der Waals surface area contributed by atoms with Crippen molar-refractivity contribution in [2.45, 2.75) is 31.2 Å². The van der Waals surface area contributed by atoms with Gasteiger partial charge < -0.3 is 5.11 Å². The second kappa shape index (κ2) is 4.40. The molecule has 16 heavy (non-hydrogen) atoms. The number of halogens is 1. The van der Waals surface area contributed by atoms with Crippen LogP contribution >= 0.6 is 15.9 Å². The molecule has 0 amide bonds. The molecule has 0 unspecified atom stereocenters. The van der Waals surface area contributed by atoms with Gasteiger partial charge in [0, 0.05) is 10.0 Å². The molecular weight excluding hydrogens is 270 g/mol. The van der Waals surface area contributed by atoms with Crippen LogP contribution in [0.4, 0.5) is 0 Å². The predicted octanol–water partition coefficient (Wildman–Crippen LogP) is 3.26. The SMILES string of the molecule is O=C=NC1(c2cc(Br)ccc2O)CCCC1. The van der Waals surface area contributed by atoms with E-state index in [-0.39, 0.29) is 5.75 Å². The molecule has 1 aromatic rings. The second-order valence-corrected chi connectivity index (χ2v) is 5.02. The Labute approximate surface area is 102 Å². The molecule has 0 radical (unpaired) electrons. The van der Waals surface area contributed by atoms with E-state index in [2.05, 4.69) is 20.9 Å². The van der Waals surface area contributed by atoms with Gasteiger partial charge in [-0.15, -0.1) is 0 Å². The summed E-state index contributed by atoms with van der Waals surface area (Å²) in [6.45, 7) is 0. The lowest BCUT2D eigenvalue weighted by atomic mass is 9.88. The Morgan fingerprint density at radius 2 is 2.06 bits per heavy atom. The number of hydrogen-bond donors (Lipinski definition) is 1. The van der Waals surface area contributed by atoms with Crippen molar-refractivity contribution in [3.8, 4) is 5.75 Å². The topological polar surface area (TPSA) is 49.7 Å². The maximum absolute atomic E-state index is 10.6. The third-order valence-electron chi connectivity index (χ3n) is 3.15. The first-order chi connectivity index (χ1) is 7.68. The maximum Gasteiger partial charge on any atom is 0.235 e. The number of phenolic OH excluding ortho intramolecular Hbond substituents is 1. The minimum Gasteiger partial charge on any atom is -0.508 e. The summed E-state index contributed by atoms with van der Waals surface area (Å²) in [6, 6.07) is 5.23. The lowest BCUT2D eigenvalue weighted by molar-refractivity contribution is 0.408. The number of phenols is 1. The van der Waals surface area contributed by atoms with E-state index >= 15 is 0 Å². The summed E-state index contributed by atoms with van der Waals surface area (Å²) >= 11 is 3.37. The van der Waals surface area contributed by atoms with Gasteiger partial charge in [0.2, 0.25) is 6.08 Å². The largest absolute Gasteiger partial charge is 0.508 e. The quantitative estimate of drug-likeness (QED) is 0.668. The molecule has 3 nitrogen and oxygen atoms in total. The van der Waals surface area contributed by atoms with Gasteiger partial charge in [-0.2, -0.15) is 4.99 Å². The average Bonchev–Trinajstić information content (AvgIpc) is 2.72. The molecular formula is C12H12BrNO2. The minimum absolute atomic E-state index is 0.198. The molecule has 0 atom stereocenters. The van der Waals surface area contributed by atoms with Gasteiger partial charge in [-0.1, -0.05) is 28.8 Å². The lowest BCUT2D eigenvalue weighted by Crippen LogP contribution is -2.19. The molecule has 1 fully saturated rings. The number of hydrogen-bond acceptors (Lipinski definition) is 3. The van der Waals surface area contributed by atoms with Gasteiger partial charge >= 0.3 is 0 Å². The molecule has 0 aliphatic heterocycles. The van der Waals surface area contributed by atoms with E-state index in [0.717, 1.165) is 35.7 Å². The third kappa shape index (κ3) is 1.91. The number of aliphatic imine (C=N–C) groups is 1. The van der Waals surface area contributed by atoms with E-state index < -0.39 is 5.54 Å². The molecule has 1 aromatic carbocycles. The summed E-state index contributed by atoms with van der Waals surface area (Å²) in [5, 5.41) is 9.88. The molecule has 0 heterocycles. The van der Waals surface area contributed by atoms with Crippen LogP contribution in [0.5, 0.6) is 5.75 Å². The Balaban J connectivity index is 2.54. The van der Waals surface area contributed by atoms with Crippen molar-refractivity contribution in [3.05, 3.63) is 28.2 Å². The Kier molecular flexibility index (Phi) is 3.13. The van der Waals surface area contributed by atoms with Gasteiger partial charge in [-0.3, -0.25) is 0 Å². The summed E-state index contributed by atoms with van der Waals surface area (Å²) in [7, 11) is 0. The van der Waals surface area contributed by atoms with Gasteiger partial charge in [0.15, 0.2) is 0 Å². The normalized spacial score (nSPS) is 18.1. The first kappa shape index (κ1) is 11.4. The highest BCUT2D eigenvalue weighted by Crippen LogP contribution is 2.45. The molecule has 1 N–H and O–H groups in total. The van der Waals surface area contributed by atoms with E-state index in [0.29, 0.717) is 0 Å². The van der Waals surface area contributed by atoms with Crippen LogP contribution in [0, 0.1) is 0 Å². The number of benzene rings is 1. The Morgan fingerprint density at radius 1 is 1.38 bits per heavy atom. The zero-order valence-electron chi connectivity index (χ0n) is 8.74. The summed E-state index contributed by atoms with van der Waals surface area (Å²) in [4.78, 5) is 14.5. The fourth-order valence-corrected chi connectivity index (χ4v) is 2.73. The number of carbonyl (C=O) groups excluding carboxylic acids is 1. The Morgan fingerprint density at radius 3 is 2.69 bits per heavy atom. The van der Waals surface area contributed by atoms with Gasteiger partial charge in [0.1, 0.15) is 11.3 Å². The highest BCUT2D eigenvalue weighted by Gasteiger charge is 2.37. The van der Waals surface area contributed by atoms with E-state index in [1.54, 1.807) is 18.2 Å². The minimum atomic E-state index is -0.560. The first-order valence-corrected chi connectivity index (χ1v) is 6.05. The smallest absolute Gasteiger partial charge is 0.235 e. The first-order valence-electron chi connectivity index (χ1n) is 5.26. The highest BCUT2D eigenvalue weighted by molar-refractivity contribution is 9.10. The Hall–Kier alpha value is -1.12. The molecule has 84 valence electrons. The number of aromatic hydroxyl groups is 1. The zero-order valence-corrected chi connectivity index (χ0v) is 10.3. The van der Waals surface area contributed by atoms with Crippen LogP contribution in [-0.2, 0) is 10.3 Å². The monoisotopic (exact) mass is 281 g/mol. The highest BCUT2D eigenvalue weighted by atomic mass is 79.9. The number of nitrogens with zero attached hydrogens (tertiary/aromatic N) is 1. The maximum atomic E-state index is 10.6. The van der Waals surface area contributed by atoms with Crippen molar-refractivity contribution in [2.24, 2.45) is 4.99 Å². The van der Waals surface area contributed by atoms with E-state index in [1.807, 2.05) is 6.07 Å². The van der Waals surface area contributed by atoms with Crippen LogP contribution in [0.3, 0.4) is 0 Å². The fourth-order valence-electron chi connectivity index (χ4n) is 2.37. The second-order valence-electron chi connectivity index (χ2n) is 4.10. The molecule has 0 bridgehead atoms. The van der Waals surface area contributed by atoms with Crippen molar-refractivity contribution in [3.63, 3.8) is 0 Å².